The monoisotopic (exact) mass is 328 g/mol. The first-order chi connectivity index (χ1) is 11.5. The van der Waals surface area contributed by atoms with Crippen molar-refractivity contribution in [3.8, 4) is 11.8 Å². The standard InChI is InChI=1S/C18H20N2O4/c1-18(12-19,14-8-9-14)20-16(21)11-24-17(22)10-7-13-5-3-4-6-15(13)23-2/h3-7,10,14H,8-9,11H2,1-2H3,(H,20,21)/b10-7+/t18-/m0/s1. The Morgan fingerprint density at radius 2 is 2.12 bits per heavy atom. The summed E-state index contributed by atoms with van der Waals surface area (Å²) in [6.45, 7) is 1.27. The lowest BCUT2D eigenvalue weighted by molar-refractivity contribution is -0.144. The van der Waals surface area contributed by atoms with Crippen LogP contribution < -0.4 is 10.1 Å². The SMILES string of the molecule is COc1ccccc1/C=C/C(=O)OCC(=O)N[C@@](C)(C#N)C1CC1. The van der Waals surface area contributed by atoms with Crippen molar-refractivity contribution in [2.75, 3.05) is 13.7 Å². The van der Waals surface area contributed by atoms with E-state index in [0.717, 1.165) is 18.4 Å². The van der Waals surface area contributed by atoms with Gasteiger partial charge in [-0.05, 0) is 37.8 Å². The van der Waals surface area contributed by atoms with Gasteiger partial charge in [-0.2, -0.15) is 5.26 Å². The summed E-state index contributed by atoms with van der Waals surface area (Å²) in [4.78, 5) is 23.6. The highest BCUT2D eigenvalue weighted by atomic mass is 16.5. The number of para-hydroxylation sites is 1. The van der Waals surface area contributed by atoms with Crippen LogP contribution in [-0.4, -0.2) is 31.1 Å². The maximum Gasteiger partial charge on any atom is 0.331 e. The van der Waals surface area contributed by atoms with Gasteiger partial charge in [0.05, 0.1) is 13.2 Å². The third kappa shape index (κ3) is 4.59. The molecule has 1 amide bonds. The molecule has 0 spiro atoms. The molecule has 1 aromatic carbocycles. The Hall–Kier alpha value is -2.81. The molecular formula is C18H20N2O4. The number of hydrogen-bond acceptors (Lipinski definition) is 5. The summed E-state index contributed by atoms with van der Waals surface area (Å²) in [6, 6.07) is 9.34. The van der Waals surface area contributed by atoms with Gasteiger partial charge in [0.15, 0.2) is 6.61 Å². The van der Waals surface area contributed by atoms with E-state index in [9.17, 15) is 14.9 Å². The van der Waals surface area contributed by atoms with E-state index in [0.29, 0.717) is 5.75 Å². The zero-order chi connectivity index (χ0) is 17.6. The van der Waals surface area contributed by atoms with Crippen LogP contribution in [0.25, 0.3) is 6.08 Å². The van der Waals surface area contributed by atoms with Crippen molar-refractivity contribution in [2.24, 2.45) is 5.92 Å². The molecule has 1 aliphatic carbocycles. The normalized spacial score (nSPS) is 16.0. The molecule has 1 aliphatic rings. The van der Waals surface area contributed by atoms with Gasteiger partial charge in [0.1, 0.15) is 11.3 Å². The number of methoxy groups -OCH3 is 1. The lowest BCUT2D eigenvalue weighted by Crippen LogP contribution is -2.48. The van der Waals surface area contributed by atoms with Crippen LogP contribution in [0.1, 0.15) is 25.3 Å². The molecule has 1 saturated carbocycles. The van der Waals surface area contributed by atoms with E-state index in [1.165, 1.54) is 6.08 Å². The lowest BCUT2D eigenvalue weighted by atomic mass is 9.98. The highest BCUT2D eigenvalue weighted by Crippen LogP contribution is 2.39. The van der Waals surface area contributed by atoms with Crippen molar-refractivity contribution >= 4 is 18.0 Å². The van der Waals surface area contributed by atoms with Crippen molar-refractivity contribution in [1.29, 1.82) is 5.26 Å². The van der Waals surface area contributed by atoms with Gasteiger partial charge >= 0.3 is 5.97 Å². The predicted molar refractivity (Wildman–Crippen MR) is 87.9 cm³/mol. The van der Waals surface area contributed by atoms with Crippen LogP contribution in [0, 0.1) is 17.2 Å². The fourth-order valence-electron chi connectivity index (χ4n) is 2.35. The number of esters is 1. The Kier molecular flexibility index (Phi) is 5.59. The maximum atomic E-state index is 11.8. The summed E-state index contributed by atoms with van der Waals surface area (Å²) < 4.78 is 10.1. The number of nitrogens with zero attached hydrogens (tertiary/aromatic N) is 1. The van der Waals surface area contributed by atoms with E-state index in [2.05, 4.69) is 11.4 Å². The molecule has 1 aromatic rings. The van der Waals surface area contributed by atoms with Gasteiger partial charge < -0.3 is 14.8 Å². The van der Waals surface area contributed by atoms with E-state index in [4.69, 9.17) is 9.47 Å². The van der Waals surface area contributed by atoms with Crippen molar-refractivity contribution in [2.45, 2.75) is 25.3 Å². The minimum Gasteiger partial charge on any atom is -0.496 e. The molecule has 6 nitrogen and oxygen atoms in total. The molecule has 0 bridgehead atoms. The van der Waals surface area contributed by atoms with E-state index in [-0.39, 0.29) is 5.92 Å². The number of amides is 1. The average Bonchev–Trinajstić information content (AvgIpc) is 3.43. The molecule has 126 valence electrons. The van der Waals surface area contributed by atoms with Crippen molar-refractivity contribution in [1.82, 2.24) is 5.32 Å². The molecule has 0 radical (unpaired) electrons. The van der Waals surface area contributed by atoms with E-state index < -0.39 is 24.0 Å². The van der Waals surface area contributed by atoms with Crippen molar-refractivity contribution < 1.29 is 19.1 Å². The zero-order valence-electron chi connectivity index (χ0n) is 13.7. The van der Waals surface area contributed by atoms with Crippen LogP contribution in [0.3, 0.4) is 0 Å². The Labute approximate surface area is 141 Å². The molecule has 0 heterocycles. The molecule has 1 atom stereocenters. The van der Waals surface area contributed by atoms with Crippen molar-refractivity contribution in [3.63, 3.8) is 0 Å². The quantitative estimate of drug-likeness (QED) is 0.611. The number of nitriles is 1. The Balaban J connectivity index is 1.83. The molecule has 0 aliphatic heterocycles. The van der Waals surface area contributed by atoms with Crippen LogP contribution in [-0.2, 0) is 14.3 Å². The number of benzene rings is 1. The summed E-state index contributed by atoms with van der Waals surface area (Å²) in [6.07, 6.45) is 4.63. The van der Waals surface area contributed by atoms with Crippen LogP contribution in [0.5, 0.6) is 5.75 Å². The largest absolute Gasteiger partial charge is 0.496 e. The minimum atomic E-state index is -0.892. The van der Waals surface area contributed by atoms with Crippen LogP contribution in [0.4, 0.5) is 0 Å². The van der Waals surface area contributed by atoms with E-state index in [1.807, 2.05) is 12.1 Å². The molecule has 0 unspecified atom stereocenters. The van der Waals surface area contributed by atoms with E-state index >= 15 is 0 Å². The topological polar surface area (TPSA) is 88.4 Å². The van der Waals surface area contributed by atoms with Crippen LogP contribution in [0.15, 0.2) is 30.3 Å². The maximum absolute atomic E-state index is 11.8. The molecule has 1 fully saturated rings. The smallest absolute Gasteiger partial charge is 0.331 e. The number of rotatable bonds is 7. The average molecular weight is 328 g/mol. The molecule has 0 saturated heterocycles. The predicted octanol–water partition coefficient (Wildman–Crippen LogP) is 2.06. The lowest BCUT2D eigenvalue weighted by Gasteiger charge is -2.22. The zero-order valence-corrected chi connectivity index (χ0v) is 13.7. The second-order valence-electron chi connectivity index (χ2n) is 5.82. The van der Waals surface area contributed by atoms with Gasteiger partial charge in [-0.25, -0.2) is 4.79 Å². The molecular weight excluding hydrogens is 308 g/mol. The Morgan fingerprint density at radius 1 is 1.42 bits per heavy atom. The summed E-state index contributed by atoms with van der Waals surface area (Å²) >= 11 is 0. The molecule has 6 heteroatoms. The third-order valence-electron chi connectivity index (χ3n) is 3.91. The summed E-state index contributed by atoms with van der Waals surface area (Å²) in [5, 5.41) is 11.8. The summed E-state index contributed by atoms with van der Waals surface area (Å²) in [5.41, 5.74) is -0.163. The molecule has 0 aromatic heterocycles. The number of nitrogens with one attached hydrogen (secondary N) is 1. The Bertz CT molecular complexity index is 689. The van der Waals surface area contributed by atoms with Gasteiger partial charge in [-0.3, -0.25) is 4.79 Å². The number of ether oxygens (including phenoxy) is 2. The Morgan fingerprint density at radius 3 is 2.75 bits per heavy atom. The first-order valence-electron chi connectivity index (χ1n) is 7.68. The third-order valence-corrected chi connectivity index (χ3v) is 3.91. The highest BCUT2D eigenvalue weighted by molar-refractivity contribution is 5.89. The highest BCUT2D eigenvalue weighted by Gasteiger charge is 2.43. The summed E-state index contributed by atoms with van der Waals surface area (Å²) in [7, 11) is 1.54. The molecule has 2 rings (SSSR count). The van der Waals surface area contributed by atoms with Crippen LogP contribution >= 0.6 is 0 Å². The minimum absolute atomic E-state index is 0.174. The van der Waals surface area contributed by atoms with Gasteiger partial charge in [-0.1, -0.05) is 18.2 Å². The first-order valence-corrected chi connectivity index (χ1v) is 7.68. The van der Waals surface area contributed by atoms with Gasteiger partial charge in [0, 0.05) is 11.6 Å². The summed E-state index contributed by atoms with van der Waals surface area (Å²) in [5.74, 6) is -0.313. The second kappa shape index (κ2) is 7.64. The van der Waals surface area contributed by atoms with E-state index in [1.54, 1.807) is 32.2 Å². The fraction of sp³-hybridized carbons (Fsp3) is 0.389. The number of hydrogen-bond donors (Lipinski definition) is 1. The molecule has 24 heavy (non-hydrogen) atoms. The van der Waals surface area contributed by atoms with Gasteiger partial charge in [0.2, 0.25) is 0 Å². The van der Waals surface area contributed by atoms with Gasteiger partial charge in [-0.15, -0.1) is 0 Å². The van der Waals surface area contributed by atoms with Crippen molar-refractivity contribution in [3.05, 3.63) is 35.9 Å². The first kappa shape index (κ1) is 17.5. The fourth-order valence-corrected chi connectivity index (χ4v) is 2.35. The molecule has 1 N–H and O–H groups in total. The number of carbonyl (C=O) groups is 2. The number of carbonyl (C=O) groups excluding carboxylic acids is 2. The second-order valence-corrected chi connectivity index (χ2v) is 5.82. The van der Waals surface area contributed by atoms with Gasteiger partial charge in [0.25, 0.3) is 5.91 Å². The van der Waals surface area contributed by atoms with Crippen LogP contribution in [0.2, 0.25) is 0 Å².